The summed E-state index contributed by atoms with van der Waals surface area (Å²) in [6.07, 6.45) is 1.59. The Labute approximate surface area is 124 Å². The molecule has 8 heteroatoms. The van der Waals surface area contributed by atoms with E-state index in [0.717, 1.165) is 5.01 Å². The van der Waals surface area contributed by atoms with Gasteiger partial charge in [-0.25, -0.2) is 10.4 Å². The molecule has 0 saturated heterocycles. The fraction of sp³-hybridized carbons (Fsp3) is 0.154. The number of hydrogen-bond acceptors (Lipinski definition) is 6. The molecular weight excluding hydrogens is 292 g/mol. The lowest BCUT2D eigenvalue weighted by atomic mass is 10.2. The van der Waals surface area contributed by atoms with Gasteiger partial charge in [-0.15, -0.1) is 11.3 Å². The van der Waals surface area contributed by atoms with Gasteiger partial charge in [0.05, 0.1) is 28.3 Å². The Morgan fingerprint density at radius 1 is 1.48 bits per heavy atom. The van der Waals surface area contributed by atoms with Crippen molar-refractivity contribution in [1.29, 1.82) is 0 Å². The van der Waals surface area contributed by atoms with Gasteiger partial charge in [0.15, 0.2) is 0 Å². The summed E-state index contributed by atoms with van der Waals surface area (Å²) in [5.41, 5.74) is 3.76. The molecule has 2 rings (SSSR count). The van der Waals surface area contributed by atoms with Crippen molar-refractivity contribution >= 4 is 29.1 Å². The van der Waals surface area contributed by atoms with Gasteiger partial charge in [0.2, 0.25) is 5.91 Å². The molecule has 0 saturated carbocycles. The highest BCUT2D eigenvalue weighted by atomic mass is 32.1. The second kappa shape index (κ2) is 6.71. The summed E-state index contributed by atoms with van der Waals surface area (Å²) < 4.78 is 0. The number of rotatable bonds is 5. The Morgan fingerprint density at radius 2 is 2.19 bits per heavy atom. The van der Waals surface area contributed by atoms with Gasteiger partial charge in [0, 0.05) is 17.5 Å². The van der Waals surface area contributed by atoms with E-state index in [1.807, 2.05) is 12.3 Å². The molecule has 0 aliphatic carbocycles. The van der Waals surface area contributed by atoms with E-state index >= 15 is 0 Å². The van der Waals surface area contributed by atoms with Gasteiger partial charge in [-0.2, -0.15) is 5.10 Å². The van der Waals surface area contributed by atoms with Crippen LogP contribution in [0.3, 0.4) is 0 Å². The normalized spacial score (nSPS) is 10.7. The highest BCUT2D eigenvalue weighted by molar-refractivity contribution is 7.09. The van der Waals surface area contributed by atoms with E-state index in [4.69, 9.17) is 0 Å². The third kappa shape index (κ3) is 4.46. The van der Waals surface area contributed by atoms with Crippen LogP contribution in [0.2, 0.25) is 0 Å². The second-order valence-corrected chi connectivity index (χ2v) is 5.24. The van der Waals surface area contributed by atoms with E-state index < -0.39 is 4.92 Å². The molecule has 21 heavy (non-hydrogen) atoms. The number of nitrogens with one attached hydrogen (secondary N) is 1. The molecule has 1 N–H and O–H groups in total. The second-order valence-electron chi connectivity index (χ2n) is 4.18. The first kappa shape index (κ1) is 14.8. The number of amides is 1. The summed E-state index contributed by atoms with van der Waals surface area (Å²) >= 11 is 1.49. The topological polar surface area (TPSA) is 97.5 Å². The van der Waals surface area contributed by atoms with E-state index in [1.165, 1.54) is 29.7 Å². The lowest BCUT2D eigenvalue weighted by Crippen LogP contribution is -2.19. The van der Waals surface area contributed by atoms with Crippen molar-refractivity contribution in [2.75, 3.05) is 0 Å². The Bertz CT molecular complexity index is 679. The zero-order valence-electron chi connectivity index (χ0n) is 11.1. The number of benzene rings is 1. The molecular formula is C13H12N4O3S. The van der Waals surface area contributed by atoms with Gasteiger partial charge >= 0.3 is 0 Å². The van der Waals surface area contributed by atoms with Gasteiger partial charge in [-0.3, -0.25) is 14.9 Å². The van der Waals surface area contributed by atoms with E-state index in [9.17, 15) is 14.9 Å². The molecule has 0 unspecified atom stereocenters. The smallest absolute Gasteiger partial charge is 0.269 e. The van der Waals surface area contributed by atoms with Crippen molar-refractivity contribution in [3.05, 3.63) is 56.0 Å². The largest absolute Gasteiger partial charge is 0.273 e. The summed E-state index contributed by atoms with van der Waals surface area (Å²) in [6, 6.07) is 5.86. The first-order chi connectivity index (χ1) is 10.0. The average Bonchev–Trinajstić information content (AvgIpc) is 2.84. The van der Waals surface area contributed by atoms with E-state index in [1.54, 1.807) is 12.1 Å². The lowest BCUT2D eigenvalue weighted by molar-refractivity contribution is -0.384. The zero-order valence-corrected chi connectivity index (χ0v) is 12.0. The van der Waals surface area contributed by atoms with Crippen molar-refractivity contribution in [1.82, 2.24) is 10.4 Å². The predicted molar refractivity (Wildman–Crippen MR) is 79.4 cm³/mol. The van der Waals surface area contributed by atoms with Crippen molar-refractivity contribution in [3.8, 4) is 0 Å². The SMILES string of the molecule is Cc1nc(CC(=O)N/N=C\c2ccc([N+](=O)[O-])cc2)cs1. The fourth-order valence-corrected chi connectivity index (χ4v) is 2.17. The number of hydrogen-bond donors (Lipinski definition) is 1. The third-order valence-corrected chi connectivity index (χ3v) is 3.34. The van der Waals surface area contributed by atoms with E-state index in [0.29, 0.717) is 11.3 Å². The van der Waals surface area contributed by atoms with E-state index in [-0.39, 0.29) is 18.0 Å². The van der Waals surface area contributed by atoms with Crippen LogP contribution in [0.15, 0.2) is 34.7 Å². The molecule has 1 aromatic carbocycles. The molecule has 108 valence electrons. The van der Waals surface area contributed by atoms with Crippen LogP contribution in [0.5, 0.6) is 0 Å². The first-order valence-electron chi connectivity index (χ1n) is 6.02. The Balaban J connectivity index is 1.86. The molecule has 2 aromatic rings. The fourth-order valence-electron chi connectivity index (χ4n) is 1.55. The molecule has 0 atom stereocenters. The van der Waals surface area contributed by atoms with Crippen molar-refractivity contribution in [2.24, 2.45) is 5.10 Å². The Kier molecular flexibility index (Phi) is 4.72. The summed E-state index contributed by atoms with van der Waals surface area (Å²) in [5, 5.41) is 17.0. The summed E-state index contributed by atoms with van der Waals surface area (Å²) in [7, 11) is 0. The van der Waals surface area contributed by atoms with Gasteiger partial charge in [-0.05, 0) is 24.6 Å². The molecule has 1 amide bonds. The molecule has 1 aromatic heterocycles. The number of aromatic nitrogens is 1. The quantitative estimate of drug-likeness (QED) is 0.519. The summed E-state index contributed by atoms with van der Waals surface area (Å²) in [4.78, 5) is 25.8. The average molecular weight is 304 g/mol. The predicted octanol–water partition coefficient (Wildman–Crippen LogP) is 2.05. The number of thiazole rings is 1. The highest BCUT2D eigenvalue weighted by Crippen LogP contribution is 2.10. The number of non-ortho nitro benzene ring substituents is 1. The minimum absolute atomic E-state index is 0.00934. The van der Waals surface area contributed by atoms with Gasteiger partial charge < -0.3 is 0 Å². The number of carbonyl (C=O) groups is 1. The third-order valence-electron chi connectivity index (χ3n) is 2.52. The van der Waals surface area contributed by atoms with Gasteiger partial charge in [0.25, 0.3) is 5.69 Å². The van der Waals surface area contributed by atoms with Gasteiger partial charge in [-0.1, -0.05) is 0 Å². The molecule has 7 nitrogen and oxygen atoms in total. The van der Waals surface area contributed by atoms with Crippen LogP contribution in [0.25, 0.3) is 0 Å². The maximum atomic E-state index is 11.6. The van der Waals surface area contributed by atoms with Crippen LogP contribution in [0.1, 0.15) is 16.3 Å². The van der Waals surface area contributed by atoms with Gasteiger partial charge in [0.1, 0.15) is 0 Å². The van der Waals surface area contributed by atoms with Crippen molar-refractivity contribution < 1.29 is 9.72 Å². The molecule has 1 heterocycles. The minimum atomic E-state index is -0.474. The number of hydrazone groups is 1. The highest BCUT2D eigenvalue weighted by Gasteiger charge is 2.05. The number of aryl methyl sites for hydroxylation is 1. The van der Waals surface area contributed by atoms with Crippen molar-refractivity contribution in [2.45, 2.75) is 13.3 Å². The van der Waals surface area contributed by atoms with Crippen LogP contribution < -0.4 is 5.43 Å². The zero-order chi connectivity index (χ0) is 15.2. The van der Waals surface area contributed by atoms with Crippen molar-refractivity contribution in [3.63, 3.8) is 0 Å². The van der Waals surface area contributed by atoms with Crippen LogP contribution in [0, 0.1) is 17.0 Å². The van der Waals surface area contributed by atoms with Crippen LogP contribution in [0.4, 0.5) is 5.69 Å². The molecule has 0 aliphatic heterocycles. The number of nitro benzene ring substituents is 1. The standard InChI is InChI=1S/C13H12N4O3S/c1-9-15-11(8-21-9)6-13(18)16-14-7-10-2-4-12(5-3-10)17(19)20/h2-5,7-8H,6H2,1H3,(H,16,18)/b14-7-. The first-order valence-corrected chi connectivity index (χ1v) is 6.90. The molecule has 0 bridgehead atoms. The monoisotopic (exact) mass is 304 g/mol. The molecule has 0 spiro atoms. The molecule has 0 aliphatic rings. The minimum Gasteiger partial charge on any atom is -0.273 e. The lowest BCUT2D eigenvalue weighted by Gasteiger charge is -1.97. The molecule has 0 radical (unpaired) electrons. The van der Waals surface area contributed by atoms with Crippen LogP contribution in [-0.4, -0.2) is 22.0 Å². The van der Waals surface area contributed by atoms with Crippen LogP contribution >= 0.6 is 11.3 Å². The summed E-state index contributed by atoms with van der Waals surface area (Å²) in [5.74, 6) is -0.265. The number of carbonyl (C=O) groups excluding carboxylic acids is 1. The Hall–Kier alpha value is -2.61. The Morgan fingerprint density at radius 3 is 2.76 bits per heavy atom. The summed E-state index contributed by atoms with van der Waals surface area (Å²) in [6.45, 7) is 1.87. The van der Waals surface area contributed by atoms with Crippen LogP contribution in [-0.2, 0) is 11.2 Å². The maximum Gasteiger partial charge on any atom is 0.269 e. The van der Waals surface area contributed by atoms with E-state index in [2.05, 4.69) is 15.5 Å². The number of nitrogens with zero attached hydrogens (tertiary/aromatic N) is 3. The maximum absolute atomic E-state index is 11.6. The molecule has 0 fully saturated rings. The number of nitro groups is 1.